The summed E-state index contributed by atoms with van der Waals surface area (Å²) in [6.45, 7) is -1.74. The molecule has 2 aromatic heterocycles. The van der Waals surface area contributed by atoms with E-state index < -0.39 is 111 Å². The van der Waals surface area contributed by atoms with Gasteiger partial charge in [-0.3, -0.25) is 43.5 Å². The lowest BCUT2D eigenvalue weighted by atomic mass is 10.1. The van der Waals surface area contributed by atoms with Crippen molar-refractivity contribution in [3.8, 4) is 23.6 Å². The van der Waals surface area contributed by atoms with Crippen LogP contribution in [0.15, 0.2) is 60.9 Å². The Morgan fingerprint density at radius 2 is 1.11 bits per heavy atom. The summed E-state index contributed by atoms with van der Waals surface area (Å²) in [5.74, 6) is -10.1. The number of nitrogens with one attached hydrogen (secondary N) is 6. The van der Waals surface area contributed by atoms with E-state index in [1.165, 1.54) is 24.5 Å². The molecule has 3 atom stereocenters. The van der Waals surface area contributed by atoms with Gasteiger partial charge in [-0.05, 0) is 80.6 Å². The first kappa shape index (κ1) is 64.2. The van der Waals surface area contributed by atoms with Gasteiger partial charge in [0.15, 0.2) is 0 Å². The lowest BCUT2D eigenvalue weighted by molar-refractivity contribution is -0.132. The monoisotopic (exact) mass is 1180 g/mol. The van der Waals surface area contributed by atoms with Crippen LogP contribution < -0.4 is 41.4 Å². The number of fused-ring (bicyclic) bond motifs is 2. The standard InChI is InChI=1S/C55H64F4N12O13/c56-54(57)27-35(29-60)70(33-54)48(74)31-67-50(76)39-11-16-62-43-7-5-37(25-41(39)43)83-19-3-1-14-64-46(72)10-9-45(69-47(73)13-21-81-23-24-82-22-18-66-53(79)80)52(78)65-15-2-4-20-84-38-6-8-44-42(26-38)40(12-17-63-44)51(77)68-32-49(75)71-34-55(58,59)28-36(71)30-61/h5-8,11-12,16-17,25-26,35-36,45,66H,1-4,9-10,13-15,18-24,27-28,31-34H2,(H,64,72)(H,65,78)(H,67,76)(H,68,77)(H,69,73)(H,79,80). The molecule has 25 nitrogen and oxygen atoms in total. The number of amides is 8. The minimum atomic E-state index is -3.21. The number of nitrogens with zero attached hydrogens (tertiary/aromatic N) is 6. The number of nitriles is 2. The first-order valence-electron chi connectivity index (χ1n) is 27.0. The zero-order valence-corrected chi connectivity index (χ0v) is 45.6. The van der Waals surface area contributed by atoms with Gasteiger partial charge < -0.3 is 65.8 Å². The van der Waals surface area contributed by atoms with E-state index >= 15 is 0 Å². The van der Waals surface area contributed by atoms with Gasteiger partial charge in [0.05, 0.1) is 100 Å². The summed E-state index contributed by atoms with van der Waals surface area (Å²) >= 11 is 0. The highest BCUT2D eigenvalue weighted by Gasteiger charge is 2.48. The van der Waals surface area contributed by atoms with Crippen LogP contribution in [0.25, 0.3) is 21.8 Å². The number of hydrogen-bond donors (Lipinski definition) is 7. The first-order valence-corrected chi connectivity index (χ1v) is 27.0. The average molecular weight is 1180 g/mol. The topological polar surface area (TPSA) is 346 Å². The maximum atomic E-state index is 13.9. The number of ether oxygens (including phenoxy) is 4. The fourth-order valence-electron chi connectivity index (χ4n) is 8.93. The molecule has 84 heavy (non-hydrogen) atoms. The molecule has 6 rings (SSSR count). The van der Waals surface area contributed by atoms with Crippen molar-refractivity contribution in [2.24, 2.45) is 0 Å². The number of unbranched alkanes of at least 4 members (excludes halogenated alkanes) is 2. The SMILES string of the molecule is N#CC1CC(F)(F)CN1C(=O)CNC(=O)c1ccnc2ccc(OCCCCNC(=O)CCC(NC(=O)CCOCCOCCNC(=O)O)C(=O)NCCCCOc3ccc4nccc(C(=O)NCC(=O)N5CC(F)(F)CC5C#N)c4c3)cc12. The average Bonchev–Trinajstić information content (AvgIpc) is 4.06. The molecule has 2 saturated heterocycles. The number of benzene rings is 2. The zero-order valence-electron chi connectivity index (χ0n) is 45.6. The normalized spacial score (nSPS) is 16.2. The van der Waals surface area contributed by atoms with Gasteiger partial charge >= 0.3 is 6.09 Å². The minimum Gasteiger partial charge on any atom is -0.494 e. The third kappa shape index (κ3) is 19.9. The number of carbonyl (C=O) groups excluding carboxylic acids is 7. The van der Waals surface area contributed by atoms with Gasteiger partial charge in [0, 0.05) is 68.5 Å². The van der Waals surface area contributed by atoms with E-state index in [1.807, 2.05) is 0 Å². The van der Waals surface area contributed by atoms with Gasteiger partial charge in [-0.15, -0.1) is 0 Å². The quantitative estimate of drug-likeness (QED) is 0.0273. The van der Waals surface area contributed by atoms with Crippen molar-refractivity contribution in [3.05, 3.63) is 72.1 Å². The molecule has 2 aromatic carbocycles. The Labute approximate surface area is 479 Å². The molecule has 0 saturated carbocycles. The molecule has 3 unspecified atom stereocenters. The number of rotatable bonds is 32. The molecule has 2 aliphatic heterocycles. The second-order valence-corrected chi connectivity index (χ2v) is 19.5. The second kappa shape index (κ2) is 31.5. The Bertz CT molecular complexity index is 3090. The molecule has 4 heterocycles. The molecule has 7 N–H and O–H groups in total. The maximum Gasteiger partial charge on any atom is 0.404 e. The van der Waals surface area contributed by atoms with Gasteiger partial charge in [0.1, 0.15) is 29.6 Å². The Morgan fingerprint density at radius 1 is 0.607 bits per heavy atom. The van der Waals surface area contributed by atoms with Gasteiger partial charge in [0.2, 0.25) is 29.5 Å². The highest BCUT2D eigenvalue weighted by Crippen LogP contribution is 2.33. The number of hydrogen-bond acceptors (Lipinski definition) is 16. The molecule has 2 aliphatic rings. The van der Waals surface area contributed by atoms with Crippen LogP contribution in [0.2, 0.25) is 0 Å². The van der Waals surface area contributed by atoms with Crippen molar-refractivity contribution >= 4 is 69.2 Å². The van der Waals surface area contributed by atoms with Crippen molar-refractivity contribution < 1.29 is 80.0 Å². The number of halogens is 4. The van der Waals surface area contributed by atoms with Crippen LogP contribution in [0.3, 0.4) is 0 Å². The predicted molar refractivity (Wildman–Crippen MR) is 288 cm³/mol. The summed E-state index contributed by atoms with van der Waals surface area (Å²) in [5.41, 5.74) is 1.17. The number of aromatic nitrogens is 2. The summed E-state index contributed by atoms with van der Waals surface area (Å²) in [5, 5.41) is 43.2. The number of carboxylic acid groups (broad SMARTS) is 1. The number of carbonyl (C=O) groups is 8. The second-order valence-electron chi connectivity index (χ2n) is 19.5. The predicted octanol–water partition coefficient (Wildman–Crippen LogP) is 2.97. The van der Waals surface area contributed by atoms with E-state index in [1.54, 1.807) is 48.5 Å². The van der Waals surface area contributed by atoms with Crippen molar-refractivity contribution in [1.82, 2.24) is 51.7 Å². The number of alkyl halides is 4. The van der Waals surface area contributed by atoms with Crippen LogP contribution in [0.1, 0.15) is 78.5 Å². The number of pyridine rings is 2. The van der Waals surface area contributed by atoms with E-state index in [-0.39, 0.29) is 95.6 Å². The van der Waals surface area contributed by atoms with Crippen LogP contribution >= 0.6 is 0 Å². The van der Waals surface area contributed by atoms with E-state index in [0.717, 1.165) is 9.80 Å². The van der Waals surface area contributed by atoms with Crippen LogP contribution in [-0.4, -0.2) is 188 Å². The number of likely N-dealkylation sites (tertiary alicyclic amines) is 2. The molecule has 8 amide bonds. The lowest BCUT2D eigenvalue weighted by Gasteiger charge is -2.19. The van der Waals surface area contributed by atoms with E-state index in [9.17, 15) is 66.4 Å². The Balaban J connectivity index is 0.923. The van der Waals surface area contributed by atoms with Gasteiger partial charge in [-0.25, -0.2) is 22.4 Å². The van der Waals surface area contributed by atoms with E-state index in [0.29, 0.717) is 59.0 Å². The van der Waals surface area contributed by atoms with Crippen LogP contribution in [0, 0.1) is 22.7 Å². The molecule has 0 bridgehead atoms. The Kier molecular flexibility index (Phi) is 24.1. The summed E-state index contributed by atoms with van der Waals surface area (Å²) in [4.78, 5) is 112. The lowest BCUT2D eigenvalue weighted by Crippen LogP contribution is -2.47. The Morgan fingerprint density at radius 3 is 1.61 bits per heavy atom. The van der Waals surface area contributed by atoms with Crippen LogP contribution in [-0.2, 0) is 33.4 Å². The maximum absolute atomic E-state index is 13.9. The van der Waals surface area contributed by atoms with Gasteiger partial charge in [-0.1, -0.05) is 0 Å². The molecule has 4 aromatic rings. The molecular formula is C55H64F4N12O13. The summed E-state index contributed by atoms with van der Waals surface area (Å²) in [7, 11) is 0. The van der Waals surface area contributed by atoms with Crippen LogP contribution in [0.4, 0.5) is 22.4 Å². The highest BCUT2D eigenvalue weighted by atomic mass is 19.3. The van der Waals surface area contributed by atoms with Crippen molar-refractivity contribution in [2.45, 2.75) is 87.8 Å². The fraction of sp³-hybridized carbons (Fsp3) is 0.491. The molecular weight excluding hydrogens is 1110 g/mol. The third-order valence-corrected chi connectivity index (χ3v) is 13.2. The summed E-state index contributed by atoms with van der Waals surface area (Å²) in [6, 6.07) is 12.3. The summed E-state index contributed by atoms with van der Waals surface area (Å²) in [6.07, 6.45) is 1.63. The van der Waals surface area contributed by atoms with E-state index in [2.05, 4.69) is 41.9 Å². The largest absolute Gasteiger partial charge is 0.494 e. The van der Waals surface area contributed by atoms with Crippen molar-refractivity contribution in [2.75, 3.05) is 85.5 Å². The molecule has 29 heteroatoms. The van der Waals surface area contributed by atoms with Crippen LogP contribution in [0.5, 0.6) is 11.5 Å². The molecule has 0 aliphatic carbocycles. The smallest absolute Gasteiger partial charge is 0.404 e. The minimum absolute atomic E-state index is 0.0149. The molecule has 2 fully saturated rings. The first-order chi connectivity index (χ1) is 40.3. The Hall–Kier alpha value is -8.96. The third-order valence-electron chi connectivity index (χ3n) is 13.2. The molecule has 450 valence electrons. The van der Waals surface area contributed by atoms with Crippen molar-refractivity contribution in [1.29, 1.82) is 10.5 Å². The highest BCUT2D eigenvalue weighted by molar-refractivity contribution is 6.08. The summed E-state index contributed by atoms with van der Waals surface area (Å²) < 4.78 is 78.1. The van der Waals surface area contributed by atoms with Crippen molar-refractivity contribution in [3.63, 3.8) is 0 Å². The van der Waals surface area contributed by atoms with Gasteiger partial charge in [-0.2, -0.15) is 10.5 Å². The fourth-order valence-corrected chi connectivity index (χ4v) is 8.93. The molecule has 0 radical (unpaired) electrons. The van der Waals surface area contributed by atoms with E-state index in [4.69, 9.17) is 24.1 Å². The molecule has 0 spiro atoms. The zero-order chi connectivity index (χ0) is 60.7. The van der Waals surface area contributed by atoms with Gasteiger partial charge in [0.25, 0.3) is 23.7 Å².